The second-order valence-electron chi connectivity index (χ2n) is 5.82. The van der Waals surface area contributed by atoms with Gasteiger partial charge < -0.3 is 10.0 Å². The normalized spacial score (nSPS) is 17.0. The van der Waals surface area contributed by atoms with Crippen molar-refractivity contribution in [1.29, 1.82) is 0 Å². The van der Waals surface area contributed by atoms with Crippen LogP contribution in [0.15, 0.2) is 36.4 Å². The first kappa shape index (κ1) is 15.9. The monoisotopic (exact) mass is 327 g/mol. The Hall–Kier alpha value is -2.96. The van der Waals surface area contributed by atoms with Crippen molar-refractivity contribution in [2.45, 2.75) is 25.8 Å². The number of amides is 1. The van der Waals surface area contributed by atoms with Gasteiger partial charge in [-0.05, 0) is 44.0 Å². The molecule has 3 rings (SSSR count). The van der Waals surface area contributed by atoms with E-state index in [0.717, 1.165) is 30.3 Å². The molecule has 2 aromatic rings. The topological polar surface area (TPSA) is 96.6 Å². The fraction of sp³-hybridized carbons (Fsp3) is 0.294. The number of nitrogens with zero attached hydrogens (tertiary/aromatic N) is 3. The molecule has 1 aliphatic heterocycles. The van der Waals surface area contributed by atoms with Crippen LogP contribution in [0.1, 0.15) is 40.6 Å². The number of nitro benzene ring substituents is 1. The summed E-state index contributed by atoms with van der Waals surface area (Å²) in [4.78, 5) is 29.2. The Morgan fingerprint density at radius 3 is 2.88 bits per heavy atom. The van der Waals surface area contributed by atoms with Crippen molar-refractivity contribution >= 4 is 11.6 Å². The average Bonchev–Trinajstić information content (AvgIpc) is 3.04. The number of nitro groups is 1. The lowest BCUT2D eigenvalue weighted by atomic mass is 10.1. The number of hydrogen-bond donors (Lipinski definition) is 1. The van der Waals surface area contributed by atoms with Gasteiger partial charge in [-0.15, -0.1) is 0 Å². The molecule has 1 amide bonds. The molecule has 24 heavy (non-hydrogen) atoms. The molecule has 1 atom stereocenters. The number of aromatic nitrogens is 1. The zero-order valence-electron chi connectivity index (χ0n) is 13.2. The summed E-state index contributed by atoms with van der Waals surface area (Å²) < 4.78 is 0. The minimum absolute atomic E-state index is 0.134. The molecule has 7 nitrogen and oxygen atoms in total. The Morgan fingerprint density at radius 2 is 2.17 bits per heavy atom. The molecule has 0 saturated carbocycles. The summed E-state index contributed by atoms with van der Waals surface area (Å²) in [5.74, 6) is -0.737. The van der Waals surface area contributed by atoms with E-state index in [1.165, 1.54) is 12.1 Å². The molecule has 0 aliphatic carbocycles. The number of rotatable bonds is 3. The Bertz CT molecular complexity index is 806. The predicted octanol–water partition coefficient (Wildman–Crippen LogP) is 2.98. The third kappa shape index (κ3) is 2.92. The van der Waals surface area contributed by atoms with E-state index < -0.39 is 16.4 Å². The summed E-state index contributed by atoms with van der Waals surface area (Å²) in [5.41, 5.74) is 1.44. The van der Waals surface area contributed by atoms with E-state index >= 15 is 0 Å². The highest BCUT2D eigenvalue weighted by Gasteiger charge is 2.32. The molecule has 1 fully saturated rings. The largest absolute Gasteiger partial charge is 0.502 e. The van der Waals surface area contributed by atoms with Crippen molar-refractivity contribution in [3.05, 3.63) is 63.5 Å². The van der Waals surface area contributed by atoms with E-state index in [1.807, 2.05) is 25.1 Å². The number of aromatic hydroxyl groups is 1. The molecule has 7 heteroatoms. The standard InChI is InChI=1S/C17H17N3O4/c1-11-4-2-5-13(18-11)14-6-3-9-19(14)17(22)12-7-8-16(21)15(10-12)20(23)24/h2,4-5,7-8,10,14,21H,3,6,9H2,1H3/t14-/m0/s1. The zero-order chi connectivity index (χ0) is 17.3. The van der Waals surface area contributed by atoms with Crippen LogP contribution in [0.4, 0.5) is 5.69 Å². The van der Waals surface area contributed by atoms with Crippen LogP contribution in [0, 0.1) is 17.0 Å². The first-order valence-corrected chi connectivity index (χ1v) is 7.69. The van der Waals surface area contributed by atoms with Gasteiger partial charge in [0.15, 0.2) is 5.75 Å². The molecule has 0 unspecified atom stereocenters. The summed E-state index contributed by atoms with van der Waals surface area (Å²) in [7, 11) is 0. The molecular formula is C17H17N3O4. The number of benzene rings is 1. The van der Waals surface area contributed by atoms with Crippen LogP contribution in [0.3, 0.4) is 0 Å². The highest BCUT2D eigenvalue weighted by molar-refractivity contribution is 5.95. The zero-order valence-corrected chi connectivity index (χ0v) is 13.2. The molecule has 2 heterocycles. The third-order valence-corrected chi connectivity index (χ3v) is 4.18. The van der Waals surface area contributed by atoms with E-state index in [1.54, 1.807) is 4.90 Å². The van der Waals surface area contributed by atoms with Crippen LogP contribution in [0.2, 0.25) is 0 Å². The van der Waals surface area contributed by atoms with Gasteiger partial charge in [0.2, 0.25) is 0 Å². The van der Waals surface area contributed by atoms with Crippen LogP contribution < -0.4 is 0 Å². The molecule has 1 N–H and O–H groups in total. The van der Waals surface area contributed by atoms with Crippen molar-refractivity contribution in [2.75, 3.05) is 6.54 Å². The van der Waals surface area contributed by atoms with Gasteiger partial charge in [-0.2, -0.15) is 0 Å². The fourth-order valence-corrected chi connectivity index (χ4v) is 3.04. The molecule has 0 radical (unpaired) electrons. The lowest BCUT2D eigenvalue weighted by Gasteiger charge is -2.24. The summed E-state index contributed by atoms with van der Waals surface area (Å²) in [6, 6.07) is 9.27. The highest BCUT2D eigenvalue weighted by Crippen LogP contribution is 2.33. The van der Waals surface area contributed by atoms with Gasteiger partial charge in [0.25, 0.3) is 5.91 Å². The number of carbonyl (C=O) groups excluding carboxylic acids is 1. The first-order chi connectivity index (χ1) is 11.5. The maximum atomic E-state index is 12.8. The molecule has 1 aromatic heterocycles. The van der Waals surface area contributed by atoms with E-state index in [9.17, 15) is 20.0 Å². The van der Waals surface area contributed by atoms with Gasteiger partial charge in [0.05, 0.1) is 16.7 Å². The molecule has 1 aromatic carbocycles. The molecule has 0 spiro atoms. The minimum atomic E-state index is -0.699. The van der Waals surface area contributed by atoms with E-state index in [0.29, 0.717) is 6.54 Å². The second-order valence-corrected chi connectivity index (χ2v) is 5.82. The van der Waals surface area contributed by atoms with Gasteiger partial charge in [0.1, 0.15) is 0 Å². The lowest BCUT2D eigenvalue weighted by molar-refractivity contribution is -0.385. The summed E-state index contributed by atoms with van der Waals surface area (Å²) >= 11 is 0. The van der Waals surface area contributed by atoms with Gasteiger partial charge in [-0.3, -0.25) is 19.9 Å². The first-order valence-electron chi connectivity index (χ1n) is 7.69. The van der Waals surface area contributed by atoms with Crippen molar-refractivity contribution in [3.8, 4) is 5.75 Å². The predicted molar refractivity (Wildman–Crippen MR) is 86.7 cm³/mol. The third-order valence-electron chi connectivity index (χ3n) is 4.18. The van der Waals surface area contributed by atoms with Crippen LogP contribution in [-0.4, -0.2) is 32.4 Å². The number of hydrogen-bond acceptors (Lipinski definition) is 5. The molecular weight excluding hydrogens is 310 g/mol. The highest BCUT2D eigenvalue weighted by atomic mass is 16.6. The van der Waals surface area contributed by atoms with Crippen molar-refractivity contribution < 1.29 is 14.8 Å². The van der Waals surface area contributed by atoms with Crippen molar-refractivity contribution in [1.82, 2.24) is 9.88 Å². The number of phenols is 1. The van der Waals surface area contributed by atoms with Gasteiger partial charge in [-0.25, -0.2) is 0 Å². The van der Waals surface area contributed by atoms with Crippen LogP contribution in [0.25, 0.3) is 0 Å². The quantitative estimate of drug-likeness (QED) is 0.690. The van der Waals surface area contributed by atoms with Crippen LogP contribution in [-0.2, 0) is 0 Å². The Kier molecular flexibility index (Phi) is 4.16. The van der Waals surface area contributed by atoms with Gasteiger partial charge in [-0.1, -0.05) is 6.07 Å². The smallest absolute Gasteiger partial charge is 0.311 e. The fourth-order valence-electron chi connectivity index (χ4n) is 3.04. The lowest BCUT2D eigenvalue weighted by Crippen LogP contribution is -2.31. The molecule has 0 bridgehead atoms. The minimum Gasteiger partial charge on any atom is -0.502 e. The number of aryl methyl sites for hydroxylation is 1. The average molecular weight is 327 g/mol. The molecule has 1 aliphatic rings. The number of pyridine rings is 1. The van der Waals surface area contributed by atoms with E-state index in [4.69, 9.17) is 0 Å². The summed E-state index contributed by atoms with van der Waals surface area (Å²) in [5, 5.41) is 20.5. The van der Waals surface area contributed by atoms with Gasteiger partial charge in [0, 0.05) is 23.9 Å². The van der Waals surface area contributed by atoms with Crippen molar-refractivity contribution in [2.24, 2.45) is 0 Å². The molecule has 124 valence electrons. The second kappa shape index (κ2) is 6.27. The SMILES string of the molecule is Cc1cccc([C@@H]2CCCN2C(=O)c2ccc(O)c([N+](=O)[O-])c2)n1. The maximum Gasteiger partial charge on any atom is 0.311 e. The Balaban J connectivity index is 1.91. The van der Waals surface area contributed by atoms with Crippen molar-refractivity contribution in [3.63, 3.8) is 0 Å². The van der Waals surface area contributed by atoms with Crippen LogP contribution >= 0.6 is 0 Å². The summed E-state index contributed by atoms with van der Waals surface area (Å²) in [6.07, 6.45) is 1.66. The maximum absolute atomic E-state index is 12.8. The van der Waals surface area contributed by atoms with Gasteiger partial charge >= 0.3 is 5.69 Å². The van der Waals surface area contributed by atoms with E-state index in [2.05, 4.69) is 4.98 Å². The number of likely N-dealkylation sites (tertiary alicyclic amines) is 1. The summed E-state index contributed by atoms with van der Waals surface area (Å²) in [6.45, 7) is 2.47. The Labute approximate surface area is 138 Å². The number of carbonyl (C=O) groups is 1. The Morgan fingerprint density at radius 1 is 1.38 bits per heavy atom. The number of phenolic OH excluding ortho intramolecular Hbond substituents is 1. The van der Waals surface area contributed by atoms with E-state index in [-0.39, 0.29) is 17.5 Å². The molecule has 1 saturated heterocycles. The van der Waals surface area contributed by atoms with Crippen LogP contribution in [0.5, 0.6) is 5.75 Å².